The van der Waals surface area contributed by atoms with Crippen LogP contribution in [-0.4, -0.2) is 42.6 Å². The molecule has 2 unspecified atom stereocenters. The minimum absolute atomic E-state index is 0.0222. The summed E-state index contributed by atoms with van der Waals surface area (Å²) in [7, 11) is -3.91. The Morgan fingerprint density at radius 1 is 1.21 bits per heavy atom. The van der Waals surface area contributed by atoms with Crippen LogP contribution in [0, 0.1) is 0 Å². The van der Waals surface area contributed by atoms with Crippen molar-refractivity contribution in [1.29, 1.82) is 0 Å². The monoisotopic (exact) mass is 403 g/mol. The van der Waals surface area contributed by atoms with E-state index in [9.17, 15) is 23.4 Å². The molecule has 4 N–H and O–H groups in total. The Morgan fingerprint density at radius 2 is 1.93 bits per heavy atom. The standard InChI is InChI=1S/C17H17N5O5S/c1-10-15(20-19-14-8-3-2-7-13(14)17(24)25)16(23)22(21-10)11-5-4-6-12(9-11)28(18,26)27/h2-9,15-16,23H,1H3,(H,24,25)(H2,18,26,27). The first-order chi connectivity index (χ1) is 13.2. The Labute approximate surface area is 160 Å². The van der Waals surface area contributed by atoms with Gasteiger partial charge in [-0.05, 0) is 37.3 Å². The van der Waals surface area contributed by atoms with E-state index in [0.29, 0.717) is 11.4 Å². The molecule has 0 bridgehead atoms. The van der Waals surface area contributed by atoms with Gasteiger partial charge in [-0.25, -0.2) is 23.4 Å². The number of rotatable bonds is 5. The fraction of sp³-hybridized carbons (Fsp3) is 0.176. The van der Waals surface area contributed by atoms with Crippen molar-refractivity contribution in [3.63, 3.8) is 0 Å². The minimum atomic E-state index is -3.91. The van der Waals surface area contributed by atoms with E-state index in [4.69, 9.17) is 5.14 Å². The fourth-order valence-electron chi connectivity index (χ4n) is 2.66. The number of aliphatic hydroxyl groups excluding tert-OH is 1. The third-order valence-corrected chi connectivity index (χ3v) is 4.97. The van der Waals surface area contributed by atoms with Gasteiger partial charge in [0, 0.05) is 0 Å². The van der Waals surface area contributed by atoms with E-state index in [2.05, 4.69) is 15.3 Å². The van der Waals surface area contributed by atoms with Crippen molar-refractivity contribution in [3.05, 3.63) is 54.1 Å². The molecular formula is C17H17N5O5S. The predicted molar refractivity (Wildman–Crippen MR) is 101 cm³/mol. The first kappa shape index (κ1) is 19.6. The van der Waals surface area contributed by atoms with Crippen LogP contribution in [0.15, 0.2) is 68.8 Å². The summed E-state index contributed by atoms with van der Waals surface area (Å²) in [5, 5.41) is 38.3. The van der Waals surface area contributed by atoms with Crippen molar-refractivity contribution in [2.45, 2.75) is 24.1 Å². The van der Waals surface area contributed by atoms with E-state index < -0.39 is 28.3 Å². The van der Waals surface area contributed by atoms with Crippen molar-refractivity contribution >= 4 is 33.1 Å². The van der Waals surface area contributed by atoms with Crippen molar-refractivity contribution in [2.75, 3.05) is 5.01 Å². The highest BCUT2D eigenvalue weighted by Gasteiger charge is 2.35. The predicted octanol–water partition coefficient (Wildman–Crippen LogP) is 1.70. The summed E-state index contributed by atoms with van der Waals surface area (Å²) in [5.74, 6) is -1.15. The average Bonchev–Trinajstić information content (AvgIpc) is 2.93. The van der Waals surface area contributed by atoms with Crippen LogP contribution in [0.5, 0.6) is 0 Å². The smallest absolute Gasteiger partial charge is 0.337 e. The van der Waals surface area contributed by atoms with E-state index in [1.165, 1.54) is 35.3 Å². The molecule has 0 aliphatic carbocycles. The van der Waals surface area contributed by atoms with Crippen LogP contribution < -0.4 is 10.1 Å². The lowest BCUT2D eigenvalue weighted by Gasteiger charge is -2.21. The van der Waals surface area contributed by atoms with Crippen LogP contribution >= 0.6 is 0 Å². The zero-order valence-corrected chi connectivity index (χ0v) is 15.5. The van der Waals surface area contributed by atoms with Gasteiger partial charge in [-0.15, -0.1) is 0 Å². The number of carboxylic acids is 1. The second-order valence-electron chi connectivity index (χ2n) is 6.02. The van der Waals surface area contributed by atoms with Gasteiger partial charge in [-0.2, -0.15) is 15.3 Å². The van der Waals surface area contributed by atoms with Crippen molar-refractivity contribution in [2.24, 2.45) is 20.5 Å². The third kappa shape index (κ3) is 3.91. The first-order valence-electron chi connectivity index (χ1n) is 8.07. The molecule has 11 heteroatoms. The Balaban J connectivity index is 1.88. The fourth-order valence-corrected chi connectivity index (χ4v) is 3.21. The largest absolute Gasteiger partial charge is 0.478 e. The molecule has 10 nitrogen and oxygen atoms in total. The lowest BCUT2D eigenvalue weighted by Crippen LogP contribution is -2.35. The van der Waals surface area contributed by atoms with Gasteiger partial charge in [0.15, 0.2) is 12.3 Å². The molecule has 3 rings (SSSR count). The number of aromatic carboxylic acids is 1. The first-order valence-corrected chi connectivity index (χ1v) is 9.61. The van der Waals surface area contributed by atoms with Crippen LogP contribution in [0.1, 0.15) is 17.3 Å². The maximum atomic E-state index is 11.5. The van der Waals surface area contributed by atoms with E-state index in [1.807, 2.05) is 0 Å². The summed E-state index contributed by atoms with van der Waals surface area (Å²) in [6.45, 7) is 1.62. The second-order valence-corrected chi connectivity index (χ2v) is 7.59. The number of hydrogen-bond donors (Lipinski definition) is 3. The summed E-state index contributed by atoms with van der Waals surface area (Å²) in [4.78, 5) is 11.1. The van der Waals surface area contributed by atoms with Crippen molar-refractivity contribution < 1.29 is 23.4 Å². The van der Waals surface area contributed by atoms with Gasteiger partial charge in [0.2, 0.25) is 10.0 Å². The van der Waals surface area contributed by atoms with Crippen LogP contribution in [0.3, 0.4) is 0 Å². The van der Waals surface area contributed by atoms with Crippen LogP contribution in [0.4, 0.5) is 11.4 Å². The van der Waals surface area contributed by atoms with Crippen LogP contribution in [0.2, 0.25) is 0 Å². The van der Waals surface area contributed by atoms with E-state index in [0.717, 1.165) is 0 Å². The zero-order valence-electron chi connectivity index (χ0n) is 14.7. The number of aliphatic hydroxyl groups is 1. The maximum Gasteiger partial charge on any atom is 0.337 e. The summed E-state index contributed by atoms with van der Waals surface area (Å²) < 4.78 is 23.1. The molecule has 2 aromatic rings. The molecule has 2 atom stereocenters. The number of azo groups is 1. The van der Waals surface area contributed by atoms with E-state index in [1.54, 1.807) is 25.1 Å². The molecule has 0 saturated carbocycles. The molecule has 0 saturated heterocycles. The number of primary sulfonamides is 1. The Morgan fingerprint density at radius 3 is 2.61 bits per heavy atom. The molecular weight excluding hydrogens is 386 g/mol. The van der Waals surface area contributed by atoms with Gasteiger partial charge < -0.3 is 10.2 Å². The lowest BCUT2D eigenvalue weighted by atomic mass is 10.2. The molecule has 28 heavy (non-hydrogen) atoms. The number of hydrogen-bond acceptors (Lipinski definition) is 8. The number of carbonyl (C=O) groups is 1. The number of nitrogens with zero attached hydrogens (tertiary/aromatic N) is 4. The number of anilines is 1. The zero-order chi connectivity index (χ0) is 20.5. The lowest BCUT2D eigenvalue weighted by molar-refractivity contribution is 0.0697. The van der Waals surface area contributed by atoms with E-state index in [-0.39, 0.29) is 16.1 Å². The summed E-state index contributed by atoms with van der Waals surface area (Å²) >= 11 is 0. The Kier molecular flexibility index (Phi) is 5.23. The highest BCUT2D eigenvalue weighted by molar-refractivity contribution is 7.89. The normalized spacial score (nSPS) is 19.8. The van der Waals surface area contributed by atoms with Gasteiger partial charge in [0.25, 0.3) is 0 Å². The molecule has 0 amide bonds. The molecule has 0 spiro atoms. The number of hydrazone groups is 1. The molecule has 146 valence electrons. The third-order valence-electron chi connectivity index (χ3n) is 4.06. The Hall–Kier alpha value is -3.15. The highest BCUT2D eigenvalue weighted by atomic mass is 32.2. The van der Waals surface area contributed by atoms with Gasteiger partial charge in [0.1, 0.15) is 0 Å². The highest BCUT2D eigenvalue weighted by Crippen LogP contribution is 2.28. The molecule has 0 radical (unpaired) electrons. The summed E-state index contributed by atoms with van der Waals surface area (Å²) in [6.07, 6.45) is -1.25. The van der Waals surface area contributed by atoms with Crippen molar-refractivity contribution in [1.82, 2.24) is 0 Å². The molecule has 1 aliphatic rings. The van der Waals surface area contributed by atoms with Gasteiger partial charge >= 0.3 is 5.97 Å². The minimum Gasteiger partial charge on any atom is -0.478 e. The van der Waals surface area contributed by atoms with Gasteiger partial charge in [-0.3, -0.25) is 0 Å². The number of benzene rings is 2. The number of nitrogens with two attached hydrogens (primary N) is 1. The molecule has 0 aromatic heterocycles. The molecule has 2 aromatic carbocycles. The quantitative estimate of drug-likeness (QED) is 0.645. The molecule has 1 aliphatic heterocycles. The summed E-state index contributed by atoms with van der Waals surface area (Å²) in [6, 6.07) is 10.9. The van der Waals surface area contributed by atoms with Gasteiger partial charge in [0.05, 0.1) is 27.5 Å². The van der Waals surface area contributed by atoms with Crippen LogP contribution in [-0.2, 0) is 10.0 Å². The van der Waals surface area contributed by atoms with Gasteiger partial charge in [-0.1, -0.05) is 18.2 Å². The molecule has 0 fully saturated rings. The maximum absolute atomic E-state index is 11.5. The van der Waals surface area contributed by atoms with E-state index >= 15 is 0 Å². The Bertz CT molecular complexity index is 1080. The summed E-state index contributed by atoms with van der Waals surface area (Å²) in [5.41, 5.74) is 0.850. The number of sulfonamides is 1. The number of carboxylic acid groups (broad SMARTS) is 1. The van der Waals surface area contributed by atoms with Crippen LogP contribution in [0.25, 0.3) is 0 Å². The van der Waals surface area contributed by atoms with Crippen molar-refractivity contribution in [3.8, 4) is 0 Å². The average molecular weight is 403 g/mol. The topological polar surface area (TPSA) is 158 Å². The second kappa shape index (κ2) is 7.46. The molecule has 1 heterocycles. The SMILES string of the molecule is CC1=NN(c2cccc(S(N)(=O)=O)c2)C(O)C1N=Nc1ccccc1C(=O)O.